The fourth-order valence-corrected chi connectivity index (χ4v) is 2.45. The zero-order valence-electron chi connectivity index (χ0n) is 14.5. The van der Waals surface area contributed by atoms with Crippen molar-refractivity contribution in [2.45, 2.75) is 33.7 Å². The number of carbonyl (C=O) groups is 2. The first kappa shape index (κ1) is 17.7. The summed E-state index contributed by atoms with van der Waals surface area (Å²) in [5.74, 6) is -0.447. The summed E-state index contributed by atoms with van der Waals surface area (Å²) >= 11 is 0. The van der Waals surface area contributed by atoms with Gasteiger partial charge in [0.15, 0.2) is 0 Å². The Morgan fingerprint density at radius 1 is 1.00 bits per heavy atom. The van der Waals surface area contributed by atoms with Gasteiger partial charge in [-0.3, -0.25) is 9.59 Å². The van der Waals surface area contributed by atoms with Crippen molar-refractivity contribution in [3.63, 3.8) is 0 Å². The third-order valence-electron chi connectivity index (χ3n) is 4.05. The first-order chi connectivity index (χ1) is 11.5. The van der Waals surface area contributed by atoms with E-state index in [9.17, 15) is 9.59 Å². The third-order valence-corrected chi connectivity index (χ3v) is 4.05. The van der Waals surface area contributed by atoms with Gasteiger partial charge in [-0.1, -0.05) is 36.4 Å². The van der Waals surface area contributed by atoms with Crippen LogP contribution in [0.25, 0.3) is 0 Å². The van der Waals surface area contributed by atoms with Gasteiger partial charge in [-0.15, -0.1) is 0 Å². The number of anilines is 1. The van der Waals surface area contributed by atoms with Crippen LogP contribution in [0.15, 0.2) is 48.5 Å². The molecule has 24 heavy (non-hydrogen) atoms. The SMILES string of the molecule is CCN(Cc1ccccc1)C(=O)CC(=O)Nc1ccc(C)c(C)c1. The molecule has 0 aliphatic heterocycles. The fourth-order valence-electron chi connectivity index (χ4n) is 2.45. The molecule has 0 aromatic heterocycles. The molecule has 0 fully saturated rings. The van der Waals surface area contributed by atoms with E-state index >= 15 is 0 Å². The summed E-state index contributed by atoms with van der Waals surface area (Å²) in [4.78, 5) is 26.2. The number of rotatable bonds is 6. The molecule has 0 saturated carbocycles. The molecule has 0 aliphatic carbocycles. The van der Waals surface area contributed by atoms with Gasteiger partial charge in [-0.25, -0.2) is 0 Å². The van der Waals surface area contributed by atoms with Gasteiger partial charge < -0.3 is 10.2 Å². The highest BCUT2D eigenvalue weighted by atomic mass is 16.2. The third kappa shape index (κ3) is 4.95. The molecule has 2 amide bonds. The first-order valence-corrected chi connectivity index (χ1v) is 8.18. The van der Waals surface area contributed by atoms with Crippen LogP contribution in [-0.4, -0.2) is 23.3 Å². The Bertz CT molecular complexity index is 711. The molecule has 0 bridgehead atoms. The van der Waals surface area contributed by atoms with Gasteiger partial charge in [-0.05, 0) is 49.6 Å². The molecule has 0 atom stereocenters. The summed E-state index contributed by atoms with van der Waals surface area (Å²) in [5.41, 5.74) is 4.06. The molecule has 2 aromatic carbocycles. The molecule has 0 aliphatic rings. The van der Waals surface area contributed by atoms with E-state index in [1.807, 2.05) is 69.3 Å². The van der Waals surface area contributed by atoms with E-state index in [0.717, 1.165) is 16.8 Å². The molecule has 2 rings (SSSR count). The summed E-state index contributed by atoms with van der Waals surface area (Å²) in [6.07, 6.45) is -0.145. The van der Waals surface area contributed by atoms with Crippen molar-refractivity contribution in [2.24, 2.45) is 0 Å². The van der Waals surface area contributed by atoms with Crippen molar-refractivity contribution < 1.29 is 9.59 Å². The number of nitrogens with zero attached hydrogens (tertiary/aromatic N) is 1. The van der Waals surface area contributed by atoms with E-state index in [1.165, 1.54) is 5.56 Å². The molecule has 4 heteroatoms. The standard InChI is InChI=1S/C20H24N2O2/c1-4-22(14-17-8-6-5-7-9-17)20(24)13-19(23)21-18-11-10-15(2)16(3)12-18/h5-12H,4,13-14H2,1-3H3,(H,21,23). The van der Waals surface area contributed by atoms with Gasteiger partial charge in [0.05, 0.1) is 0 Å². The Morgan fingerprint density at radius 2 is 1.71 bits per heavy atom. The summed E-state index contributed by atoms with van der Waals surface area (Å²) in [5, 5.41) is 2.80. The zero-order valence-corrected chi connectivity index (χ0v) is 14.5. The maximum absolute atomic E-state index is 12.4. The summed E-state index contributed by atoms with van der Waals surface area (Å²) in [7, 11) is 0. The molecule has 1 N–H and O–H groups in total. The van der Waals surface area contributed by atoms with Crippen molar-refractivity contribution in [1.82, 2.24) is 4.90 Å². The van der Waals surface area contributed by atoms with E-state index in [-0.39, 0.29) is 18.2 Å². The molecule has 0 spiro atoms. The highest BCUT2D eigenvalue weighted by Gasteiger charge is 2.16. The average molecular weight is 324 g/mol. The Morgan fingerprint density at radius 3 is 2.33 bits per heavy atom. The minimum atomic E-state index is -0.283. The quantitative estimate of drug-likeness (QED) is 0.824. The Kier molecular flexibility index (Phi) is 6.13. The van der Waals surface area contributed by atoms with Crippen LogP contribution in [0, 0.1) is 13.8 Å². The molecule has 2 aromatic rings. The lowest BCUT2D eigenvalue weighted by Crippen LogP contribution is -2.33. The van der Waals surface area contributed by atoms with E-state index in [0.29, 0.717) is 13.1 Å². The summed E-state index contributed by atoms with van der Waals surface area (Å²) in [6, 6.07) is 15.5. The highest BCUT2D eigenvalue weighted by molar-refractivity contribution is 6.03. The van der Waals surface area contributed by atoms with Crippen LogP contribution in [0.3, 0.4) is 0 Å². The van der Waals surface area contributed by atoms with Crippen molar-refractivity contribution >= 4 is 17.5 Å². The maximum atomic E-state index is 12.4. The van der Waals surface area contributed by atoms with E-state index < -0.39 is 0 Å². The smallest absolute Gasteiger partial charge is 0.233 e. The van der Waals surface area contributed by atoms with Crippen molar-refractivity contribution in [1.29, 1.82) is 0 Å². The predicted molar refractivity (Wildman–Crippen MR) is 96.7 cm³/mol. The average Bonchev–Trinajstić information content (AvgIpc) is 2.56. The van der Waals surface area contributed by atoms with Crippen LogP contribution < -0.4 is 5.32 Å². The van der Waals surface area contributed by atoms with Gasteiger partial charge in [0, 0.05) is 18.8 Å². The Hall–Kier alpha value is -2.62. The van der Waals surface area contributed by atoms with E-state index in [4.69, 9.17) is 0 Å². The molecule has 126 valence electrons. The van der Waals surface area contributed by atoms with Gasteiger partial charge in [0.1, 0.15) is 6.42 Å². The lowest BCUT2D eigenvalue weighted by atomic mass is 10.1. The monoisotopic (exact) mass is 324 g/mol. The summed E-state index contributed by atoms with van der Waals surface area (Å²) in [6.45, 7) is 7.03. The lowest BCUT2D eigenvalue weighted by molar-refractivity contribution is -0.134. The van der Waals surface area contributed by atoms with Crippen molar-refractivity contribution in [3.8, 4) is 0 Å². The number of aryl methyl sites for hydroxylation is 2. The number of amides is 2. The molecule has 0 radical (unpaired) electrons. The van der Waals surface area contributed by atoms with Crippen LogP contribution in [0.1, 0.15) is 30.0 Å². The van der Waals surface area contributed by atoms with Crippen LogP contribution >= 0.6 is 0 Å². The first-order valence-electron chi connectivity index (χ1n) is 8.18. The number of hydrogen-bond acceptors (Lipinski definition) is 2. The second kappa shape index (κ2) is 8.29. The largest absolute Gasteiger partial charge is 0.338 e. The molecule has 0 heterocycles. The second-order valence-electron chi connectivity index (χ2n) is 5.92. The molecule has 0 saturated heterocycles. The van der Waals surface area contributed by atoms with Crippen LogP contribution in [0.2, 0.25) is 0 Å². The van der Waals surface area contributed by atoms with Crippen molar-refractivity contribution in [2.75, 3.05) is 11.9 Å². The molecular weight excluding hydrogens is 300 g/mol. The normalized spacial score (nSPS) is 10.3. The minimum absolute atomic E-state index is 0.145. The van der Waals surface area contributed by atoms with Gasteiger partial charge >= 0.3 is 0 Å². The van der Waals surface area contributed by atoms with Crippen molar-refractivity contribution in [3.05, 3.63) is 65.2 Å². The highest BCUT2D eigenvalue weighted by Crippen LogP contribution is 2.14. The van der Waals surface area contributed by atoms with E-state index in [2.05, 4.69) is 5.32 Å². The number of carbonyl (C=O) groups excluding carboxylic acids is 2. The van der Waals surface area contributed by atoms with Gasteiger partial charge in [0.25, 0.3) is 0 Å². The Labute approximate surface area is 143 Å². The Balaban J connectivity index is 1.93. The van der Waals surface area contributed by atoms with Crippen LogP contribution in [0.5, 0.6) is 0 Å². The van der Waals surface area contributed by atoms with Crippen LogP contribution in [0.4, 0.5) is 5.69 Å². The van der Waals surface area contributed by atoms with Gasteiger partial charge in [-0.2, -0.15) is 0 Å². The predicted octanol–water partition coefficient (Wildman–Crippen LogP) is 3.68. The number of nitrogens with one attached hydrogen (secondary N) is 1. The van der Waals surface area contributed by atoms with Gasteiger partial charge in [0.2, 0.25) is 11.8 Å². The molecular formula is C20H24N2O2. The van der Waals surface area contributed by atoms with E-state index in [1.54, 1.807) is 4.90 Å². The molecule has 4 nitrogen and oxygen atoms in total. The second-order valence-corrected chi connectivity index (χ2v) is 5.92. The summed E-state index contributed by atoms with van der Waals surface area (Å²) < 4.78 is 0. The topological polar surface area (TPSA) is 49.4 Å². The molecule has 0 unspecified atom stereocenters. The fraction of sp³-hybridized carbons (Fsp3) is 0.300. The maximum Gasteiger partial charge on any atom is 0.233 e. The number of hydrogen-bond donors (Lipinski definition) is 1. The van der Waals surface area contributed by atoms with Crippen LogP contribution in [-0.2, 0) is 16.1 Å². The zero-order chi connectivity index (χ0) is 17.5. The lowest BCUT2D eigenvalue weighted by Gasteiger charge is -2.21. The number of benzene rings is 2. The minimum Gasteiger partial charge on any atom is -0.338 e.